The smallest absolute Gasteiger partial charge is 0.252 e. The Morgan fingerprint density at radius 3 is 1.50 bits per heavy atom. The van der Waals surface area contributed by atoms with Crippen LogP contribution in [0.25, 0.3) is 22.3 Å². The van der Waals surface area contributed by atoms with Crippen LogP contribution in [0.3, 0.4) is 0 Å². The summed E-state index contributed by atoms with van der Waals surface area (Å²) >= 11 is 0. The van der Waals surface area contributed by atoms with Crippen LogP contribution in [0.2, 0.25) is 0 Å². The van der Waals surface area contributed by atoms with Gasteiger partial charge in [0.15, 0.2) is 8.07 Å². The Kier molecular flexibility index (Phi) is 10.5. The maximum Gasteiger partial charge on any atom is 0.252 e. The Balaban J connectivity index is 1.21. The molecule has 3 aliphatic rings. The Morgan fingerprint density at radius 1 is 0.361 bits per heavy atom. The molecule has 0 aromatic heterocycles. The van der Waals surface area contributed by atoms with Gasteiger partial charge in [-0.05, 0) is 155 Å². The van der Waals surface area contributed by atoms with Crippen molar-refractivity contribution in [3.8, 4) is 22.3 Å². The monoisotopic (exact) mass is 949 g/mol. The highest BCUT2D eigenvalue weighted by Gasteiger charge is 2.51. The molecule has 0 spiro atoms. The predicted octanol–water partition coefficient (Wildman–Crippen LogP) is 13.3. The van der Waals surface area contributed by atoms with Crippen LogP contribution < -0.4 is 46.9 Å². The van der Waals surface area contributed by atoms with Crippen molar-refractivity contribution in [3.05, 3.63) is 222 Å². The van der Waals surface area contributed by atoms with E-state index in [9.17, 15) is 0 Å². The van der Waals surface area contributed by atoms with Crippen LogP contribution in [0.1, 0.15) is 90.1 Å². The second-order valence-electron chi connectivity index (χ2n) is 24.0. The van der Waals surface area contributed by atoms with E-state index < -0.39 is 8.07 Å². The van der Waals surface area contributed by atoms with Gasteiger partial charge in [0.1, 0.15) is 0 Å². The summed E-state index contributed by atoms with van der Waals surface area (Å²) in [4.78, 5) is 5.27. The molecule has 0 atom stereocenters. The third-order valence-corrected chi connectivity index (χ3v) is 21.0. The van der Waals surface area contributed by atoms with Crippen LogP contribution in [-0.4, -0.2) is 14.8 Å². The van der Waals surface area contributed by atoms with Crippen molar-refractivity contribution in [3.63, 3.8) is 0 Å². The normalized spacial score (nSPS) is 14.3. The molecular formula is C68H65BN2Si. The number of hydrogen-bond acceptors (Lipinski definition) is 2. The van der Waals surface area contributed by atoms with E-state index in [1.54, 1.807) is 0 Å². The molecule has 0 saturated heterocycles. The number of benzene rings is 9. The summed E-state index contributed by atoms with van der Waals surface area (Å²) in [6.45, 7) is 25.4. The van der Waals surface area contributed by atoms with Gasteiger partial charge in [-0.25, -0.2) is 0 Å². The molecular weight excluding hydrogens is 884 g/mol. The molecule has 0 unspecified atom stereocenters. The van der Waals surface area contributed by atoms with Crippen LogP contribution >= 0.6 is 0 Å². The fraction of sp³-hybridized carbons (Fsp3) is 0.206. The lowest BCUT2D eigenvalue weighted by Gasteiger charge is -2.45. The first kappa shape index (κ1) is 46.0. The van der Waals surface area contributed by atoms with Crippen molar-refractivity contribution in [1.29, 1.82) is 0 Å². The third kappa shape index (κ3) is 7.12. The summed E-state index contributed by atoms with van der Waals surface area (Å²) in [6, 6.07) is 75.9. The predicted molar refractivity (Wildman–Crippen MR) is 314 cm³/mol. The first-order chi connectivity index (χ1) is 34.4. The molecule has 0 bridgehead atoms. The number of hydrogen-bond donors (Lipinski definition) is 0. The van der Waals surface area contributed by atoms with Crippen LogP contribution in [0.15, 0.2) is 194 Å². The molecule has 3 heterocycles. The van der Waals surface area contributed by atoms with Gasteiger partial charge in [0.05, 0.1) is 5.69 Å². The molecule has 0 N–H and O–H groups in total. The highest BCUT2D eigenvalue weighted by Crippen LogP contribution is 2.49. The molecule has 0 radical (unpaired) electrons. The topological polar surface area (TPSA) is 6.48 Å². The maximum absolute atomic E-state index is 2.84. The molecule has 354 valence electrons. The minimum atomic E-state index is -2.84. The largest absolute Gasteiger partial charge is 0.311 e. The molecule has 0 fully saturated rings. The van der Waals surface area contributed by atoms with Crippen LogP contribution in [-0.2, 0) is 16.2 Å². The third-order valence-electron chi connectivity index (χ3n) is 16.1. The summed E-state index contributed by atoms with van der Waals surface area (Å²) in [6.07, 6.45) is 0. The Morgan fingerprint density at radius 2 is 0.889 bits per heavy atom. The molecule has 4 heteroatoms. The Labute approximate surface area is 430 Å². The van der Waals surface area contributed by atoms with E-state index >= 15 is 0 Å². The zero-order chi connectivity index (χ0) is 50.1. The molecule has 12 rings (SSSR count). The highest BCUT2D eigenvalue weighted by atomic mass is 28.3. The maximum atomic E-state index is 2.67. The second kappa shape index (κ2) is 16.4. The first-order valence-corrected chi connectivity index (χ1v) is 28.0. The minimum Gasteiger partial charge on any atom is -0.311 e. The first-order valence-electron chi connectivity index (χ1n) is 26.0. The molecule has 9 aromatic rings. The lowest BCUT2D eigenvalue weighted by atomic mass is 9.33. The fourth-order valence-electron chi connectivity index (χ4n) is 12.3. The second-order valence-corrected chi connectivity index (χ2v) is 27.7. The molecule has 9 aromatic carbocycles. The van der Waals surface area contributed by atoms with Crippen molar-refractivity contribution < 1.29 is 0 Å². The van der Waals surface area contributed by atoms with Crippen molar-refractivity contribution in [2.24, 2.45) is 0 Å². The molecule has 0 saturated carbocycles. The zero-order valence-electron chi connectivity index (χ0n) is 43.9. The lowest BCUT2D eigenvalue weighted by Crippen LogP contribution is -2.73. The number of rotatable bonds is 5. The van der Waals surface area contributed by atoms with E-state index in [1.165, 1.54) is 121 Å². The number of anilines is 6. The van der Waals surface area contributed by atoms with Gasteiger partial charge in [0.2, 0.25) is 0 Å². The van der Waals surface area contributed by atoms with Gasteiger partial charge < -0.3 is 9.80 Å². The van der Waals surface area contributed by atoms with E-state index in [4.69, 9.17) is 0 Å². The average molecular weight is 949 g/mol. The van der Waals surface area contributed by atoms with Crippen LogP contribution in [0, 0.1) is 13.8 Å². The van der Waals surface area contributed by atoms with Crippen molar-refractivity contribution in [1.82, 2.24) is 0 Å². The van der Waals surface area contributed by atoms with E-state index in [-0.39, 0.29) is 23.0 Å². The lowest BCUT2D eigenvalue weighted by molar-refractivity contribution is 0.590. The summed E-state index contributed by atoms with van der Waals surface area (Å²) in [7, 11) is -2.84. The van der Waals surface area contributed by atoms with Gasteiger partial charge in [-0.15, -0.1) is 0 Å². The molecule has 0 amide bonds. The average Bonchev–Trinajstić information content (AvgIpc) is 3.65. The van der Waals surface area contributed by atoms with Gasteiger partial charge in [-0.3, -0.25) is 0 Å². The van der Waals surface area contributed by atoms with Crippen LogP contribution in [0.5, 0.6) is 0 Å². The number of fused-ring (bicyclic) bond motifs is 7. The van der Waals surface area contributed by atoms with Gasteiger partial charge in [0.25, 0.3) is 6.71 Å². The molecule has 0 aliphatic carbocycles. The zero-order valence-corrected chi connectivity index (χ0v) is 44.9. The summed E-state index contributed by atoms with van der Waals surface area (Å²) < 4.78 is 0. The summed E-state index contributed by atoms with van der Waals surface area (Å²) in [5.41, 5.74) is 23.0. The van der Waals surface area contributed by atoms with E-state index in [2.05, 4.69) is 280 Å². The summed E-state index contributed by atoms with van der Waals surface area (Å²) in [5.74, 6) is 0. The molecule has 2 nitrogen and oxygen atoms in total. The minimum absolute atomic E-state index is 0.0156. The van der Waals surface area contributed by atoms with Gasteiger partial charge in [-0.1, -0.05) is 213 Å². The van der Waals surface area contributed by atoms with Crippen molar-refractivity contribution >= 4 is 86.0 Å². The van der Waals surface area contributed by atoms with Gasteiger partial charge >= 0.3 is 0 Å². The number of aryl methyl sites for hydroxylation is 2. The van der Waals surface area contributed by atoms with Crippen LogP contribution in [0.4, 0.5) is 34.1 Å². The number of nitrogens with zero attached hydrogens (tertiary/aromatic N) is 2. The van der Waals surface area contributed by atoms with Gasteiger partial charge in [-0.2, -0.15) is 0 Å². The standard InChI is InChI=1S/C68H65BN2Si/c1-44-26-28-46(29-27-44)54-40-48(67(6,7)8)32-36-58(54)71-59-37-33-49(68(9,10)11)41-56(59)69-57-42-55-53-24-18-19-25-63(53)72(51-20-14-12-15-21-51,52-22-16-13-17-23-52)64(55)43-60(57)70(61-38-45(2)39-62(71)65(61)69)50-34-30-47(31-35-50)66(3,4)5/h12-43H,1-11H3. The highest BCUT2D eigenvalue weighted by molar-refractivity contribution is 7.22. The summed E-state index contributed by atoms with van der Waals surface area (Å²) in [5, 5.41) is 5.74. The molecule has 3 aliphatic heterocycles. The van der Waals surface area contributed by atoms with E-state index in [1.807, 2.05) is 0 Å². The Bertz CT molecular complexity index is 3550. The SMILES string of the molecule is Cc1ccc(-c2cc(C(C)(C)C)ccc2N2c3ccc(C(C)(C)C)cc3B3c4cc5c(cc4N(c4ccc(C(C)(C)C)cc4)c4cc(C)cc2c43)[Si](c2ccccc2)(c2ccccc2)c2ccccc2-5)cc1. The quantitative estimate of drug-likeness (QED) is 0.159. The fourth-order valence-corrected chi connectivity index (χ4v) is 17.5. The van der Waals surface area contributed by atoms with Crippen molar-refractivity contribution in [2.75, 3.05) is 9.80 Å². The van der Waals surface area contributed by atoms with Crippen molar-refractivity contribution in [2.45, 2.75) is 92.4 Å². The van der Waals surface area contributed by atoms with Gasteiger partial charge in [0, 0.05) is 34.0 Å². The Hall–Kier alpha value is -7.14. The van der Waals surface area contributed by atoms with E-state index in [0.29, 0.717) is 0 Å². The molecule has 72 heavy (non-hydrogen) atoms. The van der Waals surface area contributed by atoms with E-state index in [0.717, 1.165) is 0 Å².